The minimum Gasteiger partial charge on any atom is -0.496 e. The number of aryl methyl sites for hydroxylation is 1. The number of carbonyl (C=O) groups excluding carboxylic acids is 1. The highest BCUT2D eigenvalue weighted by molar-refractivity contribution is 6.30. The molecule has 0 bridgehead atoms. The predicted octanol–water partition coefficient (Wildman–Crippen LogP) is 10.5. The van der Waals surface area contributed by atoms with Crippen LogP contribution in [0, 0.1) is 12.8 Å². The summed E-state index contributed by atoms with van der Waals surface area (Å²) in [5.41, 5.74) is 7.48. The van der Waals surface area contributed by atoms with Gasteiger partial charge in [0.15, 0.2) is 0 Å². The number of ether oxygens (including phenoxy) is 2. The minimum absolute atomic E-state index is 0.0868. The van der Waals surface area contributed by atoms with Crippen LogP contribution in [0.5, 0.6) is 5.75 Å². The summed E-state index contributed by atoms with van der Waals surface area (Å²) in [7, 11) is 1.67. The minimum atomic E-state index is -0.664. The molecule has 0 saturated carbocycles. The zero-order valence-electron chi connectivity index (χ0n) is 27.0. The number of rotatable bonds is 7. The van der Waals surface area contributed by atoms with Gasteiger partial charge in [-0.1, -0.05) is 98.5 Å². The van der Waals surface area contributed by atoms with Gasteiger partial charge in [0, 0.05) is 23.4 Å². The Balaban J connectivity index is 0.000000292. The first-order valence-corrected chi connectivity index (χ1v) is 16.0. The molecular formula is C38H47ClO5. The van der Waals surface area contributed by atoms with E-state index in [1.165, 1.54) is 18.4 Å². The van der Waals surface area contributed by atoms with Gasteiger partial charge in [-0.05, 0) is 85.9 Å². The van der Waals surface area contributed by atoms with Crippen LogP contribution in [0.25, 0.3) is 11.1 Å². The molecule has 0 saturated heterocycles. The number of ketones is 1. The van der Waals surface area contributed by atoms with Crippen molar-refractivity contribution in [3.8, 4) is 16.9 Å². The van der Waals surface area contributed by atoms with Crippen LogP contribution in [0.3, 0.4) is 0 Å². The number of Topliss-reactive ketones (excluding diaryl/α,β-unsaturated/α-hetero) is 1. The van der Waals surface area contributed by atoms with Gasteiger partial charge in [-0.25, -0.2) is 0 Å². The topological polar surface area (TPSA) is 72.8 Å². The van der Waals surface area contributed by atoms with Crippen molar-refractivity contribution < 1.29 is 24.2 Å². The van der Waals surface area contributed by atoms with E-state index in [2.05, 4.69) is 32.9 Å². The van der Waals surface area contributed by atoms with Crippen LogP contribution in [0.15, 0.2) is 72.3 Å². The number of methoxy groups -OCH3 is 1. The third-order valence-corrected chi connectivity index (χ3v) is 8.34. The van der Waals surface area contributed by atoms with Crippen LogP contribution < -0.4 is 4.74 Å². The first-order valence-electron chi connectivity index (χ1n) is 15.6. The van der Waals surface area contributed by atoms with Gasteiger partial charge in [-0.15, -0.1) is 0 Å². The van der Waals surface area contributed by atoms with Gasteiger partial charge in [0.1, 0.15) is 17.6 Å². The fraction of sp³-hybridized carbons (Fsp3) is 0.421. The molecule has 0 amide bonds. The van der Waals surface area contributed by atoms with Gasteiger partial charge in [-0.2, -0.15) is 0 Å². The van der Waals surface area contributed by atoms with Crippen molar-refractivity contribution in [2.24, 2.45) is 5.92 Å². The summed E-state index contributed by atoms with van der Waals surface area (Å²) >= 11 is 6.39. The largest absolute Gasteiger partial charge is 0.496 e. The Morgan fingerprint density at radius 2 is 1.61 bits per heavy atom. The second-order valence-electron chi connectivity index (χ2n) is 11.7. The Morgan fingerprint density at radius 3 is 2.23 bits per heavy atom. The van der Waals surface area contributed by atoms with E-state index < -0.39 is 12.1 Å². The fourth-order valence-corrected chi connectivity index (χ4v) is 5.78. The zero-order valence-corrected chi connectivity index (χ0v) is 27.7. The molecule has 1 aliphatic carbocycles. The van der Waals surface area contributed by atoms with Crippen molar-refractivity contribution in [2.75, 3.05) is 7.11 Å². The van der Waals surface area contributed by atoms with E-state index in [0.29, 0.717) is 23.8 Å². The SMILES string of the molecule is CC1=CCC(CC(=O)O)CC1.CCCC.COc1c(C)cccc1[C@H]1O[C@H](CC(C)=O)c2ccccc2-c2ccc(Cl)cc21. The molecule has 1 aliphatic heterocycles. The first-order chi connectivity index (χ1) is 21.1. The van der Waals surface area contributed by atoms with Crippen molar-refractivity contribution in [3.05, 3.63) is 99.6 Å². The first kappa shape index (κ1) is 35.1. The second kappa shape index (κ2) is 17.2. The summed E-state index contributed by atoms with van der Waals surface area (Å²) in [5, 5.41) is 9.16. The van der Waals surface area contributed by atoms with E-state index in [-0.39, 0.29) is 11.9 Å². The van der Waals surface area contributed by atoms with Crippen molar-refractivity contribution >= 4 is 23.4 Å². The molecule has 44 heavy (non-hydrogen) atoms. The van der Waals surface area contributed by atoms with Crippen LogP contribution in [-0.2, 0) is 14.3 Å². The molecule has 0 spiro atoms. The number of hydrogen-bond donors (Lipinski definition) is 1. The number of carbonyl (C=O) groups is 2. The molecule has 5 nitrogen and oxygen atoms in total. The number of allylic oxidation sites excluding steroid dienone is 2. The van der Waals surface area contributed by atoms with Crippen molar-refractivity contribution in [2.45, 2.75) is 91.8 Å². The number of hydrogen-bond acceptors (Lipinski definition) is 4. The normalized spacial score (nSPS) is 18.5. The zero-order chi connectivity index (χ0) is 32.2. The Morgan fingerprint density at radius 1 is 0.932 bits per heavy atom. The van der Waals surface area contributed by atoms with Crippen molar-refractivity contribution in [1.29, 1.82) is 0 Å². The maximum Gasteiger partial charge on any atom is 0.303 e. The van der Waals surface area contributed by atoms with Crippen molar-refractivity contribution in [3.63, 3.8) is 0 Å². The van der Waals surface area contributed by atoms with E-state index in [4.69, 9.17) is 26.2 Å². The molecule has 1 N–H and O–H groups in total. The van der Waals surface area contributed by atoms with Gasteiger partial charge in [0.25, 0.3) is 0 Å². The van der Waals surface area contributed by atoms with Crippen LogP contribution in [0.4, 0.5) is 0 Å². The standard InChI is InChI=1S/C25H23ClO3.C9H14O2.C4H10/c1-15-7-6-10-21(24(15)28-3)25-22-14-17(26)11-12-19(22)18-8-4-5-9-20(18)23(29-25)13-16(2)27;1-7-2-4-8(5-3-7)6-9(10)11;1-3-4-2/h4-12,14,23,25H,13H2,1-3H3;2,8H,3-6H2,1H3,(H,10,11);3-4H2,1-2H3/t23-,25-;;/m1../s1. The summed E-state index contributed by atoms with van der Waals surface area (Å²) in [6, 6.07) is 20.0. The van der Waals surface area contributed by atoms with Crippen LogP contribution in [0.1, 0.15) is 107 Å². The van der Waals surface area contributed by atoms with E-state index in [1.54, 1.807) is 14.0 Å². The molecule has 0 radical (unpaired) electrons. The lowest BCUT2D eigenvalue weighted by Gasteiger charge is -2.25. The molecule has 2 aliphatic rings. The lowest BCUT2D eigenvalue weighted by Crippen LogP contribution is -2.14. The predicted molar refractivity (Wildman–Crippen MR) is 180 cm³/mol. The summed E-state index contributed by atoms with van der Waals surface area (Å²) in [5.74, 6) is 0.596. The number of unbranched alkanes of at least 4 members (excludes halogenated alkanes) is 1. The third-order valence-electron chi connectivity index (χ3n) is 8.11. The molecule has 3 aromatic rings. The van der Waals surface area contributed by atoms with Gasteiger partial charge in [-0.3, -0.25) is 9.59 Å². The highest BCUT2D eigenvalue weighted by Crippen LogP contribution is 2.48. The Bertz CT molecular complexity index is 1440. The molecule has 236 valence electrons. The van der Waals surface area contributed by atoms with E-state index in [9.17, 15) is 9.59 Å². The lowest BCUT2D eigenvalue weighted by atomic mass is 9.88. The molecule has 0 aromatic heterocycles. The molecule has 5 rings (SSSR count). The Kier molecular flexibility index (Phi) is 13.7. The molecule has 3 atom stereocenters. The average molecular weight is 619 g/mol. The van der Waals surface area contributed by atoms with Crippen LogP contribution >= 0.6 is 11.6 Å². The van der Waals surface area contributed by atoms with E-state index in [1.807, 2.05) is 61.5 Å². The fourth-order valence-electron chi connectivity index (χ4n) is 5.60. The Labute approximate surface area is 268 Å². The summed E-state index contributed by atoms with van der Waals surface area (Å²) in [6.45, 7) is 10.1. The molecule has 1 unspecified atom stereocenters. The molecule has 1 heterocycles. The van der Waals surface area contributed by atoms with Crippen LogP contribution in [-0.4, -0.2) is 24.0 Å². The third kappa shape index (κ3) is 9.54. The van der Waals surface area contributed by atoms with Gasteiger partial charge < -0.3 is 14.6 Å². The quantitative estimate of drug-likeness (QED) is 0.267. The number of halogens is 1. The maximum atomic E-state index is 12.1. The van der Waals surface area contributed by atoms with Crippen molar-refractivity contribution in [1.82, 2.24) is 0 Å². The van der Waals surface area contributed by atoms with E-state index >= 15 is 0 Å². The highest BCUT2D eigenvalue weighted by Gasteiger charge is 2.32. The second-order valence-corrected chi connectivity index (χ2v) is 12.2. The highest BCUT2D eigenvalue weighted by atomic mass is 35.5. The number of fused-ring (bicyclic) bond motifs is 3. The maximum absolute atomic E-state index is 12.1. The number of benzene rings is 3. The summed E-state index contributed by atoms with van der Waals surface area (Å²) < 4.78 is 12.4. The van der Waals surface area contributed by atoms with E-state index in [0.717, 1.165) is 58.4 Å². The lowest BCUT2D eigenvalue weighted by molar-refractivity contribution is -0.138. The molecule has 6 heteroatoms. The number of carboxylic acid groups (broad SMARTS) is 1. The average Bonchev–Trinajstić information content (AvgIpc) is 3.12. The number of para-hydroxylation sites is 1. The van der Waals surface area contributed by atoms with Gasteiger partial charge in [0.2, 0.25) is 0 Å². The molecule has 0 fully saturated rings. The van der Waals surface area contributed by atoms with Crippen LogP contribution in [0.2, 0.25) is 5.02 Å². The Hall–Kier alpha value is -3.41. The number of carboxylic acids is 1. The molecule has 3 aromatic carbocycles. The van der Waals surface area contributed by atoms with Gasteiger partial charge in [0.05, 0.1) is 13.2 Å². The molecular weight excluding hydrogens is 572 g/mol. The van der Waals surface area contributed by atoms with Gasteiger partial charge >= 0.3 is 5.97 Å². The monoisotopic (exact) mass is 618 g/mol. The smallest absolute Gasteiger partial charge is 0.303 e. The summed E-state index contributed by atoms with van der Waals surface area (Å²) in [4.78, 5) is 22.4. The summed E-state index contributed by atoms with van der Waals surface area (Å²) in [6.07, 6.45) is 7.77. The number of aliphatic carboxylic acids is 1.